The summed E-state index contributed by atoms with van der Waals surface area (Å²) < 4.78 is 13.3. The van der Waals surface area contributed by atoms with Gasteiger partial charge in [0.2, 0.25) is 0 Å². The Balaban J connectivity index is 1.72. The molecule has 1 fully saturated rings. The topological polar surface area (TPSA) is 45.2 Å². The third-order valence-corrected chi connectivity index (χ3v) is 4.69. The van der Waals surface area contributed by atoms with Crippen LogP contribution in [-0.2, 0) is 0 Å². The van der Waals surface area contributed by atoms with Crippen LogP contribution in [0, 0.1) is 5.82 Å². The molecule has 0 radical (unpaired) electrons. The van der Waals surface area contributed by atoms with Gasteiger partial charge in [0.05, 0.1) is 17.8 Å². The molecule has 1 amide bonds. The molecule has 0 saturated carbocycles. The average Bonchev–Trinajstić information content (AvgIpc) is 2.92. The molecule has 1 aliphatic heterocycles. The number of rotatable bonds is 5. The Hall–Kier alpha value is -2.27. The number of benzene rings is 1. The van der Waals surface area contributed by atoms with E-state index in [1.807, 2.05) is 18.2 Å². The highest BCUT2D eigenvalue weighted by atomic mass is 19.1. The number of likely N-dealkylation sites (tertiary alicyclic amines) is 1. The predicted molar refractivity (Wildman–Crippen MR) is 95.8 cm³/mol. The summed E-state index contributed by atoms with van der Waals surface area (Å²) in [5, 5.41) is 2.96. The molecule has 2 heterocycles. The Labute approximate surface area is 148 Å². The van der Waals surface area contributed by atoms with E-state index in [4.69, 9.17) is 0 Å². The second kappa shape index (κ2) is 8.72. The molecule has 1 aliphatic rings. The summed E-state index contributed by atoms with van der Waals surface area (Å²) in [5.41, 5.74) is 1.45. The molecular weight excluding hydrogens is 317 g/mol. The molecule has 3 rings (SSSR count). The van der Waals surface area contributed by atoms with E-state index >= 15 is 0 Å². The molecule has 0 spiro atoms. The molecule has 0 aliphatic carbocycles. The number of carbonyl (C=O) groups excluding carboxylic acids is 1. The number of nitrogens with one attached hydrogen (secondary N) is 1. The van der Waals surface area contributed by atoms with E-state index in [9.17, 15) is 9.18 Å². The zero-order valence-electron chi connectivity index (χ0n) is 14.3. The molecule has 2 aromatic rings. The molecule has 1 unspecified atom stereocenters. The first kappa shape index (κ1) is 17.5. The molecule has 25 heavy (non-hydrogen) atoms. The van der Waals surface area contributed by atoms with Crippen LogP contribution in [-0.4, -0.2) is 35.4 Å². The second-order valence-corrected chi connectivity index (χ2v) is 6.48. The minimum absolute atomic E-state index is 0.129. The first-order valence-electron chi connectivity index (χ1n) is 8.92. The standard InChI is InChI=1S/C20H24FN3O/c21-18-12-17(13-22-14-18)20(25)23-15-19(16-8-4-3-5-9-16)24-10-6-1-2-7-11-24/h3-5,8-9,12-14,19H,1-2,6-7,10-11,15H2,(H,23,25). The van der Waals surface area contributed by atoms with Crippen molar-refractivity contribution in [2.24, 2.45) is 0 Å². The largest absolute Gasteiger partial charge is 0.350 e. The van der Waals surface area contributed by atoms with Gasteiger partial charge in [-0.1, -0.05) is 43.2 Å². The minimum Gasteiger partial charge on any atom is -0.350 e. The second-order valence-electron chi connectivity index (χ2n) is 6.48. The van der Waals surface area contributed by atoms with Gasteiger partial charge in [0.25, 0.3) is 5.91 Å². The fraction of sp³-hybridized carbons (Fsp3) is 0.400. The molecule has 1 aromatic carbocycles. The van der Waals surface area contributed by atoms with Gasteiger partial charge in [-0.05, 0) is 37.6 Å². The van der Waals surface area contributed by atoms with Gasteiger partial charge in [0, 0.05) is 12.7 Å². The first-order valence-corrected chi connectivity index (χ1v) is 8.92. The number of amides is 1. The maximum absolute atomic E-state index is 13.3. The van der Waals surface area contributed by atoms with Gasteiger partial charge in [-0.15, -0.1) is 0 Å². The normalized spacial score (nSPS) is 16.8. The van der Waals surface area contributed by atoms with Crippen molar-refractivity contribution in [3.8, 4) is 0 Å². The number of halogens is 1. The van der Waals surface area contributed by atoms with Gasteiger partial charge >= 0.3 is 0 Å². The highest BCUT2D eigenvalue weighted by Gasteiger charge is 2.22. The summed E-state index contributed by atoms with van der Waals surface area (Å²) >= 11 is 0. The Morgan fingerprint density at radius 3 is 2.52 bits per heavy atom. The van der Waals surface area contributed by atoms with Crippen molar-refractivity contribution in [2.45, 2.75) is 31.7 Å². The fourth-order valence-corrected chi connectivity index (χ4v) is 3.37. The summed E-state index contributed by atoms with van der Waals surface area (Å²) in [6, 6.07) is 11.6. The molecule has 1 aromatic heterocycles. The Bertz CT molecular complexity index is 684. The highest BCUT2D eigenvalue weighted by molar-refractivity contribution is 5.93. The number of carbonyl (C=O) groups is 1. The number of hydrogen-bond donors (Lipinski definition) is 1. The van der Waals surface area contributed by atoms with Crippen LogP contribution in [0.1, 0.15) is 47.6 Å². The molecule has 0 bridgehead atoms. The minimum atomic E-state index is -0.500. The van der Waals surface area contributed by atoms with E-state index in [0.717, 1.165) is 19.3 Å². The lowest BCUT2D eigenvalue weighted by molar-refractivity contribution is 0.0932. The summed E-state index contributed by atoms with van der Waals surface area (Å²) in [5.74, 6) is -0.789. The Morgan fingerprint density at radius 2 is 1.84 bits per heavy atom. The third kappa shape index (κ3) is 4.86. The molecule has 132 valence electrons. The van der Waals surface area contributed by atoms with Crippen LogP contribution >= 0.6 is 0 Å². The monoisotopic (exact) mass is 341 g/mol. The van der Waals surface area contributed by atoms with Crippen molar-refractivity contribution < 1.29 is 9.18 Å². The summed E-state index contributed by atoms with van der Waals surface area (Å²) in [6.45, 7) is 2.58. The van der Waals surface area contributed by atoms with E-state index in [1.54, 1.807) is 0 Å². The zero-order valence-corrected chi connectivity index (χ0v) is 14.3. The maximum Gasteiger partial charge on any atom is 0.253 e. The Morgan fingerprint density at radius 1 is 1.12 bits per heavy atom. The zero-order chi connectivity index (χ0) is 17.5. The van der Waals surface area contributed by atoms with E-state index in [1.165, 1.54) is 43.5 Å². The summed E-state index contributed by atoms with van der Waals surface area (Å²) in [6.07, 6.45) is 7.39. The highest BCUT2D eigenvalue weighted by Crippen LogP contribution is 2.23. The van der Waals surface area contributed by atoms with Crippen molar-refractivity contribution in [3.63, 3.8) is 0 Å². The van der Waals surface area contributed by atoms with Crippen LogP contribution in [0.25, 0.3) is 0 Å². The predicted octanol–water partition coefficient (Wildman–Crippen LogP) is 3.57. The smallest absolute Gasteiger partial charge is 0.253 e. The number of nitrogens with zero attached hydrogens (tertiary/aromatic N) is 2. The van der Waals surface area contributed by atoms with Crippen LogP contribution in [0.4, 0.5) is 4.39 Å². The van der Waals surface area contributed by atoms with Crippen LogP contribution in [0.3, 0.4) is 0 Å². The molecule has 1 atom stereocenters. The van der Waals surface area contributed by atoms with Crippen molar-refractivity contribution in [1.82, 2.24) is 15.2 Å². The van der Waals surface area contributed by atoms with Gasteiger partial charge in [-0.2, -0.15) is 0 Å². The number of pyridine rings is 1. The number of hydrogen-bond acceptors (Lipinski definition) is 3. The third-order valence-electron chi connectivity index (χ3n) is 4.69. The van der Waals surface area contributed by atoms with Gasteiger partial charge in [-0.3, -0.25) is 14.7 Å². The van der Waals surface area contributed by atoms with Crippen molar-refractivity contribution in [2.75, 3.05) is 19.6 Å². The quantitative estimate of drug-likeness (QED) is 0.904. The van der Waals surface area contributed by atoms with Gasteiger partial charge in [0.1, 0.15) is 5.82 Å². The summed E-state index contributed by atoms with van der Waals surface area (Å²) in [4.78, 5) is 18.5. The van der Waals surface area contributed by atoms with Crippen LogP contribution in [0.15, 0.2) is 48.8 Å². The fourth-order valence-electron chi connectivity index (χ4n) is 3.37. The van der Waals surface area contributed by atoms with E-state index in [-0.39, 0.29) is 17.5 Å². The van der Waals surface area contributed by atoms with E-state index in [0.29, 0.717) is 6.54 Å². The van der Waals surface area contributed by atoms with Gasteiger partial charge in [-0.25, -0.2) is 4.39 Å². The van der Waals surface area contributed by atoms with Gasteiger partial charge < -0.3 is 5.32 Å². The lowest BCUT2D eigenvalue weighted by atomic mass is 10.0. The molecule has 1 N–H and O–H groups in total. The van der Waals surface area contributed by atoms with Crippen LogP contribution in [0.2, 0.25) is 0 Å². The van der Waals surface area contributed by atoms with Crippen LogP contribution in [0.5, 0.6) is 0 Å². The molecule has 1 saturated heterocycles. The molecule has 4 nitrogen and oxygen atoms in total. The van der Waals surface area contributed by atoms with Crippen molar-refractivity contribution >= 4 is 5.91 Å². The molecule has 5 heteroatoms. The van der Waals surface area contributed by atoms with Crippen molar-refractivity contribution in [3.05, 3.63) is 65.7 Å². The SMILES string of the molecule is O=C(NCC(c1ccccc1)N1CCCCCC1)c1cncc(F)c1. The lowest BCUT2D eigenvalue weighted by Crippen LogP contribution is -2.38. The first-order chi connectivity index (χ1) is 12.2. The molecular formula is C20H24FN3O. The van der Waals surface area contributed by atoms with E-state index < -0.39 is 5.82 Å². The average molecular weight is 341 g/mol. The summed E-state index contributed by atoms with van der Waals surface area (Å²) in [7, 11) is 0. The van der Waals surface area contributed by atoms with Gasteiger partial charge in [0.15, 0.2) is 0 Å². The lowest BCUT2D eigenvalue weighted by Gasteiger charge is -2.31. The van der Waals surface area contributed by atoms with E-state index in [2.05, 4.69) is 27.3 Å². The Kier molecular flexibility index (Phi) is 6.12. The number of aromatic nitrogens is 1. The van der Waals surface area contributed by atoms with Crippen LogP contribution < -0.4 is 5.32 Å². The van der Waals surface area contributed by atoms with Crippen molar-refractivity contribution in [1.29, 1.82) is 0 Å². The maximum atomic E-state index is 13.3.